The van der Waals surface area contributed by atoms with Gasteiger partial charge in [-0.2, -0.15) is 0 Å². The van der Waals surface area contributed by atoms with Gasteiger partial charge in [0, 0.05) is 19.7 Å². The topological polar surface area (TPSA) is 21.3 Å². The predicted molar refractivity (Wildman–Crippen MR) is 55.9 cm³/mol. The number of nitrogens with one attached hydrogen (secondary N) is 1. The highest BCUT2D eigenvalue weighted by molar-refractivity contribution is 4.83. The molecule has 0 aromatic heterocycles. The SMILES string of the molecule is COCC(C)NCC1(C)CCCC1. The highest BCUT2D eigenvalue weighted by Crippen LogP contribution is 2.36. The van der Waals surface area contributed by atoms with Crippen LogP contribution in [-0.2, 0) is 4.74 Å². The average molecular weight is 185 g/mol. The molecule has 0 amide bonds. The van der Waals surface area contributed by atoms with Crippen molar-refractivity contribution in [1.82, 2.24) is 5.32 Å². The maximum absolute atomic E-state index is 5.09. The Bertz CT molecular complexity index is 141. The van der Waals surface area contributed by atoms with Crippen LogP contribution in [0.2, 0.25) is 0 Å². The molecule has 2 heteroatoms. The van der Waals surface area contributed by atoms with Gasteiger partial charge < -0.3 is 10.1 Å². The molecule has 0 bridgehead atoms. The summed E-state index contributed by atoms with van der Waals surface area (Å²) in [6.07, 6.45) is 5.60. The lowest BCUT2D eigenvalue weighted by molar-refractivity contribution is 0.163. The molecule has 0 saturated heterocycles. The number of methoxy groups -OCH3 is 1. The predicted octanol–water partition coefficient (Wildman–Crippen LogP) is 2.19. The van der Waals surface area contributed by atoms with Gasteiger partial charge in [0.1, 0.15) is 0 Å². The van der Waals surface area contributed by atoms with Crippen molar-refractivity contribution in [3.63, 3.8) is 0 Å². The molecule has 0 heterocycles. The van der Waals surface area contributed by atoms with Crippen molar-refractivity contribution < 1.29 is 4.74 Å². The van der Waals surface area contributed by atoms with Crippen LogP contribution < -0.4 is 5.32 Å². The quantitative estimate of drug-likeness (QED) is 0.709. The van der Waals surface area contributed by atoms with Crippen LogP contribution in [0, 0.1) is 5.41 Å². The molecule has 1 saturated carbocycles. The van der Waals surface area contributed by atoms with Gasteiger partial charge in [-0.05, 0) is 25.2 Å². The highest BCUT2D eigenvalue weighted by atomic mass is 16.5. The zero-order valence-electron chi connectivity index (χ0n) is 9.23. The van der Waals surface area contributed by atoms with Gasteiger partial charge in [-0.1, -0.05) is 19.8 Å². The fourth-order valence-corrected chi connectivity index (χ4v) is 2.13. The summed E-state index contributed by atoms with van der Waals surface area (Å²) >= 11 is 0. The zero-order chi connectivity index (χ0) is 9.73. The third-order valence-electron chi connectivity index (χ3n) is 3.10. The summed E-state index contributed by atoms with van der Waals surface area (Å²) in [5.74, 6) is 0. The first-order valence-electron chi connectivity index (χ1n) is 5.39. The number of hydrogen-bond acceptors (Lipinski definition) is 2. The lowest BCUT2D eigenvalue weighted by Gasteiger charge is -2.26. The Kier molecular flexibility index (Phi) is 4.20. The Morgan fingerprint density at radius 1 is 1.38 bits per heavy atom. The fourth-order valence-electron chi connectivity index (χ4n) is 2.13. The summed E-state index contributed by atoms with van der Waals surface area (Å²) < 4.78 is 5.09. The van der Waals surface area contributed by atoms with Crippen LogP contribution >= 0.6 is 0 Å². The first kappa shape index (κ1) is 11.0. The van der Waals surface area contributed by atoms with Crippen molar-refractivity contribution in [1.29, 1.82) is 0 Å². The summed E-state index contributed by atoms with van der Waals surface area (Å²) in [5.41, 5.74) is 0.558. The van der Waals surface area contributed by atoms with Crippen LogP contribution in [0.3, 0.4) is 0 Å². The molecule has 0 aromatic rings. The molecule has 1 aliphatic rings. The molecular weight excluding hydrogens is 162 g/mol. The van der Waals surface area contributed by atoms with Gasteiger partial charge in [-0.25, -0.2) is 0 Å². The summed E-state index contributed by atoms with van der Waals surface area (Å²) in [6, 6.07) is 0.488. The van der Waals surface area contributed by atoms with E-state index in [0.717, 1.165) is 13.2 Å². The van der Waals surface area contributed by atoms with Gasteiger partial charge in [-0.15, -0.1) is 0 Å². The zero-order valence-corrected chi connectivity index (χ0v) is 9.23. The van der Waals surface area contributed by atoms with E-state index in [-0.39, 0.29) is 0 Å². The van der Waals surface area contributed by atoms with Gasteiger partial charge in [-0.3, -0.25) is 0 Å². The molecule has 2 nitrogen and oxygen atoms in total. The van der Waals surface area contributed by atoms with Crippen LogP contribution in [0.15, 0.2) is 0 Å². The van der Waals surface area contributed by atoms with E-state index in [1.54, 1.807) is 7.11 Å². The fraction of sp³-hybridized carbons (Fsp3) is 1.00. The summed E-state index contributed by atoms with van der Waals surface area (Å²) in [6.45, 7) is 6.54. The molecule has 1 N–H and O–H groups in total. The maximum atomic E-state index is 5.09. The summed E-state index contributed by atoms with van der Waals surface area (Å²) in [7, 11) is 1.76. The second-order valence-electron chi connectivity index (χ2n) is 4.76. The second kappa shape index (κ2) is 4.97. The van der Waals surface area contributed by atoms with Crippen molar-refractivity contribution in [3.8, 4) is 0 Å². The van der Waals surface area contributed by atoms with Crippen molar-refractivity contribution in [2.45, 2.75) is 45.6 Å². The average Bonchev–Trinajstić information content (AvgIpc) is 2.51. The van der Waals surface area contributed by atoms with E-state index >= 15 is 0 Å². The first-order valence-corrected chi connectivity index (χ1v) is 5.39. The lowest BCUT2D eigenvalue weighted by atomic mass is 9.89. The van der Waals surface area contributed by atoms with Crippen LogP contribution in [-0.4, -0.2) is 26.3 Å². The second-order valence-corrected chi connectivity index (χ2v) is 4.76. The minimum atomic E-state index is 0.488. The van der Waals surface area contributed by atoms with Gasteiger partial charge >= 0.3 is 0 Å². The van der Waals surface area contributed by atoms with Crippen molar-refractivity contribution >= 4 is 0 Å². The molecule has 78 valence electrons. The van der Waals surface area contributed by atoms with Gasteiger partial charge in [0.15, 0.2) is 0 Å². The Morgan fingerprint density at radius 2 is 2.00 bits per heavy atom. The Labute approximate surface area is 82.0 Å². The van der Waals surface area contributed by atoms with E-state index in [0.29, 0.717) is 11.5 Å². The molecule has 1 unspecified atom stereocenters. The smallest absolute Gasteiger partial charge is 0.0613 e. The minimum Gasteiger partial charge on any atom is -0.383 e. The molecule has 0 spiro atoms. The first-order chi connectivity index (χ1) is 6.16. The van der Waals surface area contributed by atoms with E-state index in [9.17, 15) is 0 Å². The van der Waals surface area contributed by atoms with Crippen LogP contribution in [0.5, 0.6) is 0 Å². The molecule has 1 fully saturated rings. The molecule has 0 aliphatic heterocycles. The van der Waals surface area contributed by atoms with E-state index in [4.69, 9.17) is 4.74 Å². The molecule has 1 atom stereocenters. The van der Waals surface area contributed by atoms with E-state index < -0.39 is 0 Å². The number of rotatable bonds is 5. The van der Waals surface area contributed by atoms with Crippen LogP contribution in [0.4, 0.5) is 0 Å². The standard InChI is InChI=1S/C11H23NO/c1-10(8-13-3)12-9-11(2)6-4-5-7-11/h10,12H,4-9H2,1-3H3. The Balaban J connectivity index is 2.17. The summed E-state index contributed by atoms with van der Waals surface area (Å²) in [5, 5.41) is 3.54. The van der Waals surface area contributed by atoms with Crippen LogP contribution in [0.25, 0.3) is 0 Å². The number of ether oxygens (including phenoxy) is 1. The van der Waals surface area contributed by atoms with E-state index in [2.05, 4.69) is 19.2 Å². The molecule has 1 rings (SSSR count). The van der Waals surface area contributed by atoms with Crippen LogP contribution in [0.1, 0.15) is 39.5 Å². The number of hydrogen-bond donors (Lipinski definition) is 1. The van der Waals surface area contributed by atoms with Crippen molar-refractivity contribution in [3.05, 3.63) is 0 Å². The van der Waals surface area contributed by atoms with E-state index in [1.165, 1.54) is 25.7 Å². The van der Waals surface area contributed by atoms with Gasteiger partial charge in [0.25, 0.3) is 0 Å². The molecule has 0 radical (unpaired) electrons. The molecule has 1 aliphatic carbocycles. The Hall–Kier alpha value is -0.0800. The third-order valence-corrected chi connectivity index (χ3v) is 3.10. The minimum absolute atomic E-state index is 0.488. The van der Waals surface area contributed by atoms with Crippen molar-refractivity contribution in [2.75, 3.05) is 20.3 Å². The Morgan fingerprint density at radius 3 is 2.54 bits per heavy atom. The van der Waals surface area contributed by atoms with Gasteiger partial charge in [0.05, 0.1) is 6.61 Å². The monoisotopic (exact) mass is 185 g/mol. The lowest BCUT2D eigenvalue weighted by Crippen LogP contribution is -2.37. The largest absolute Gasteiger partial charge is 0.383 e. The molecule has 0 aromatic carbocycles. The maximum Gasteiger partial charge on any atom is 0.0613 e. The van der Waals surface area contributed by atoms with E-state index in [1.807, 2.05) is 0 Å². The third kappa shape index (κ3) is 3.65. The molecule has 13 heavy (non-hydrogen) atoms. The van der Waals surface area contributed by atoms with Crippen molar-refractivity contribution in [2.24, 2.45) is 5.41 Å². The normalized spacial score (nSPS) is 23.3. The highest BCUT2D eigenvalue weighted by Gasteiger charge is 2.28. The van der Waals surface area contributed by atoms with Gasteiger partial charge in [0.2, 0.25) is 0 Å². The molecular formula is C11H23NO. The summed E-state index contributed by atoms with van der Waals surface area (Å²) in [4.78, 5) is 0.